The van der Waals surface area contributed by atoms with Crippen molar-refractivity contribution in [2.24, 2.45) is 0 Å². The van der Waals surface area contributed by atoms with Crippen molar-refractivity contribution in [3.8, 4) is 5.75 Å². The van der Waals surface area contributed by atoms with Crippen molar-refractivity contribution in [3.05, 3.63) is 29.8 Å². The van der Waals surface area contributed by atoms with Gasteiger partial charge < -0.3 is 15.0 Å². The number of nitrogens with one attached hydrogen (secondary N) is 1. The average molecular weight is 276 g/mol. The standard InChI is InChI=1S/C17H28N2O/c1-2-3-15-20-17-9-5-4-7-16(17)8-6-12-19-13-10-18-11-14-19/h4-5,7,9,18H,2-3,6,8,10-15H2,1H3. The number of ether oxygens (including phenoxy) is 1. The minimum absolute atomic E-state index is 0.839. The Bertz CT molecular complexity index is 375. The normalized spacial score (nSPS) is 16.2. The van der Waals surface area contributed by atoms with E-state index in [1.54, 1.807) is 0 Å². The van der Waals surface area contributed by atoms with Crippen molar-refractivity contribution in [3.63, 3.8) is 0 Å². The Labute approximate surface area is 123 Å². The molecular formula is C17H28N2O. The van der Waals surface area contributed by atoms with Gasteiger partial charge in [-0.05, 0) is 37.4 Å². The van der Waals surface area contributed by atoms with Gasteiger partial charge in [-0.15, -0.1) is 0 Å². The van der Waals surface area contributed by atoms with E-state index in [1.807, 2.05) is 0 Å². The van der Waals surface area contributed by atoms with Crippen molar-refractivity contribution in [2.75, 3.05) is 39.3 Å². The first-order valence-electron chi connectivity index (χ1n) is 8.04. The molecule has 1 aromatic carbocycles. The van der Waals surface area contributed by atoms with Gasteiger partial charge in [0.1, 0.15) is 5.75 Å². The van der Waals surface area contributed by atoms with Crippen LogP contribution in [0.2, 0.25) is 0 Å². The fourth-order valence-electron chi connectivity index (χ4n) is 2.61. The third kappa shape index (κ3) is 5.14. The molecule has 0 unspecified atom stereocenters. The van der Waals surface area contributed by atoms with E-state index in [0.717, 1.165) is 38.3 Å². The summed E-state index contributed by atoms with van der Waals surface area (Å²) >= 11 is 0. The molecule has 112 valence electrons. The summed E-state index contributed by atoms with van der Waals surface area (Å²) in [5, 5.41) is 3.40. The van der Waals surface area contributed by atoms with Crippen molar-refractivity contribution in [1.82, 2.24) is 10.2 Å². The summed E-state index contributed by atoms with van der Waals surface area (Å²) in [6.45, 7) is 8.88. The van der Waals surface area contributed by atoms with Gasteiger partial charge in [0.2, 0.25) is 0 Å². The van der Waals surface area contributed by atoms with E-state index in [9.17, 15) is 0 Å². The summed E-state index contributed by atoms with van der Waals surface area (Å²) in [7, 11) is 0. The van der Waals surface area contributed by atoms with Gasteiger partial charge in [-0.25, -0.2) is 0 Å². The molecule has 2 rings (SSSR count). The van der Waals surface area contributed by atoms with E-state index in [0.29, 0.717) is 0 Å². The molecule has 0 aliphatic carbocycles. The van der Waals surface area contributed by atoms with E-state index in [4.69, 9.17) is 4.74 Å². The highest BCUT2D eigenvalue weighted by atomic mass is 16.5. The second-order valence-electron chi connectivity index (χ2n) is 5.50. The van der Waals surface area contributed by atoms with E-state index < -0.39 is 0 Å². The first-order valence-corrected chi connectivity index (χ1v) is 8.04. The molecule has 3 heteroatoms. The lowest BCUT2D eigenvalue weighted by molar-refractivity contribution is 0.238. The quantitative estimate of drug-likeness (QED) is 0.739. The van der Waals surface area contributed by atoms with Gasteiger partial charge >= 0.3 is 0 Å². The molecule has 1 N–H and O–H groups in total. The Morgan fingerprint density at radius 1 is 1.15 bits per heavy atom. The van der Waals surface area contributed by atoms with Crippen LogP contribution < -0.4 is 10.1 Å². The predicted octanol–water partition coefficient (Wildman–Crippen LogP) is 2.70. The Kier molecular flexibility index (Phi) is 6.89. The summed E-state index contributed by atoms with van der Waals surface area (Å²) in [6.07, 6.45) is 4.65. The van der Waals surface area contributed by atoms with E-state index >= 15 is 0 Å². The monoisotopic (exact) mass is 276 g/mol. The average Bonchev–Trinajstić information content (AvgIpc) is 2.50. The number of hydrogen-bond donors (Lipinski definition) is 1. The zero-order valence-electron chi connectivity index (χ0n) is 12.7. The van der Waals surface area contributed by atoms with Crippen molar-refractivity contribution in [1.29, 1.82) is 0 Å². The lowest BCUT2D eigenvalue weighted by atomic mass is 10.1. The molecule has 0 saturated carbocycles. The Morgan fingerprint density at radius 2 is 1.95 bits per heavy atom. The molecule has 0 spiro atoms. The second-order valence-corrected chi connectivity index (χ2v) is 5.50. The zero-order chi connectivity index (χ0) is 14.0. The van der Waals surface area contributed by atoms with Gasteiger partial charge in [0, 0.05) is 26.2 Å². The van der Waals surface area contributed by atoms with Crippen LogP contribution in [0.15, 0.2) is 24.3 Å². The fraction of sp³-hybridized carbons (Fsp3) is 0.647. The number of para-hydroxylation sites is 1. The van der Waals surface area contributed by atoms with Crippen LogP contribution in [-0.2, 0) is 6.42 Å². The van der Waals surface area contributed by atoms with Gasteiger partial charge in [0.15, 0.2) is 0 Å². The molecule has 0 aromatic heterocycles. The molecule has 0 radical (unpaired) electrons. The van der Waals surface area contributed by atoms with E-state index in [1.165, 1.54) is 38.0 Å². The number of hydrogen-bond acceptors (Lipinski definition) is 3. The van der Waals surface area contributed by atoms with Crippen LogP contribution in [0.3, 0.4) is 0 Å². The molecule has 1 fully saturated rings. The first kappa shape index (κ1) is 15.3. The number of piperazine rings is 1. The van der Waals surface area contributed by atoms with Crippen LogP contribution in [0.5, 0.6) is 5.75 Å². The minimum atomic E-state index is 0.839. The highest BCUT2D eigenvalue weighted by molar-refractivity contribution is 5.33. The first-order chi connectivity index (χ1) is 9.90. The molecule has 0 atom stereocenters. The summed E-state index contributed by atoms with van der Waals surface area (Å²) < 4.78 is 5.90. The molecule has 1 aliphatic rings. The van der Waals surface area contributed by atoms with Gasteiger partial charge in [-0.2, -0.15) is 0 Å². The maximum Gasteiger partial charge on any atom is 0.122 e. The van der Waals surface area contributed by atoms with E-state index in [-0.39, 0.29) is 0 Å². The zero-order valence-corrected chi connectivity index (χ0v) is 12.7. The van der Waals surface area contributed by atoms with Gasteiger partial charge in [0.05, 0.1) is 6.61 Å². The summed E-state index contributed by atoms with van der Waals surface area (Å²) in [5.74, 6) is 1.08. The van der Waals surface area contributed by atoms with Gasteiger partial charge in [-0.1, -0.05) is 31.5 Å². The molecule has 1 aliphatic heterocycles. The Morgan fingerprint density at radius 3 is 2.75 bits per heavy atom. The minimum Gasteiger partial charge on any atom is -0.493 e. The fourth-order valence-corrected chi connectivity index (χ4v) is 2.61. The number of nitrogens with zero attached hydrogens (tertiary/aromatic N) is 1. The molecule has 0 amide bonds. The van der Waals surface area contributed by atoms with Crippen LogP contribution in [0.25, 0.3) is 0 Å². The Hall–Kier alpha value is -1.06. The van der Waals surface area contributed by atoms with Crippen LogP contribution in [-0.4, -0.2) is 44.2 Å². The van der Waals surface area contributed by atoms with Crippen molar-refractivity contribution >= 4 is 0 Å². The van der Waals surface area contributed by atoms with Crippen LogP contribution >= 0.6 is 0 Å². The van der Waals surface area contributed by atoms with Crippen LogP contribution in [0, 0.1) is 0 Å². The van der Waals surface area contributed by atoms with Crippen molar-refractivity contribution in [2.45, 2.75) is 32.6 Å². The van der Waals surface area contributed by atoms with Gasteiger partial charge in [0.25, 0.3) is 0 Å². The maximum absolute atomic E-state index is 5.90. The maximum atomic E-state index is 5.90. The lowest BCUT2D eigenvalue weighted by Gasteiger charge is -2.27. The van der Waals surface area contributed by atoms with Gasteiger partial charge in [-0.3, -0.25) is 0 Å². The SMILES string of the molecule is CCCCOc1ccccc1CCCN1CCNCC1. The highest BCUT2D eigenvalue weighted by Crippen LogP contribution is 2.20. The summed E-state index contributed by atoms with van der Waals surface area (Å²) in [4.78, 5) is 2.55. The predicted molar refractivity (Wildman–Crippen MR) is 84.5 cm³/mol. The smallest absolute Gasteiger partial charge is 0.122 e. The second kappa shape index (κ2) is 8.98. The lowest BCUT2D eigenvalue weighted by Crippen LogP contribution is -2.43. The summed E-state index contributed by atoms with van der Waals surface area (Å²) in [6, 6.07) is 8.50. The third-order valence-electron chi connectivity index (χ3n) is 3.86. The number of aryl methyl sites for hydroxylation is 1. The van der Waals surface area contributed by atoms with Crippen LogP contribution in [0.4, 0.5) is 0 Å². The van der Waals surface area contributed by atoms with E-state index in [2.05, 4.69) is 41.4 Å². The molecular weight excluding hydrogens is 248 g/mol. The van der Waals surface area contributed by atoms with Crippen LogP contribution in [0.1, 0.15) is 31.7 Å². The molecule has 3 nitrogen and oxygen atoms in total. The molecule has 20 heavy (non-hydrogen) atoms. The molecule has 1 saturated heterocycles. The molecule has 1 heterocycles. The number of unbranched alkanes of at least 4 members (excludes halogenated alkanes) is 1. The topological polar surface area (TPSA) is 24.5 Å². The van der Waals surface area contributed by atoms with Crippen molar-refractivity contribution < 1.29 is 4.74 Å². The summed E-state index contributed by atoms with van der Waals surface area (Å²) in [5.41, 5.74) is 1.36. The highest BCUT2D eigenvalue weighted by Gasteiger charge is 2.09. The Balaban J connectivity index is 1.76. The largest absolute Gasteiger partial charge is 0.493 e. The third-order valence-corrected chi connectivity index (χ3v) is 3.86. The number of benzene rings is 1. The molecule has 0 bridgehead atoms. The molecule has 1 aromatic rings. The number of rotatable bonds is 8.